The molecule has 2 aromatic rings. The van der Waals surface area contributed by atoms with E-state index in [1.165, 1.54) is 0 Å². The molecule has 0 radical (unpaired) electrons. The third-order valence-corrected chi connectivity index (χ3v) is 4.46. The highest BCUT2D eigenvalue weighted by Gasteiger charge is 2.27. The van der Waals surface area contributed by atoms with Gasteiger partial charge in [-0.25, -0.2) is 0 Å². The average Bonchev–Trinajstić information content (AvgIpc) is 3.22. The molecule has 1 amide bonds. The highest BCUT2D eigenvalue weighted by molar-refractivity contribution is 5.91. The van der Waals surface area contributed by atoms with Crippen molar-refractivity contribution >= 4 is 11.7 Å². The molecule has 25 heavy (non-hydrogen) atoms. The number of hydrogen-bond acceptors (Lipinski definition) is 7. The maximum Gasteiger partial charge on any atom is 0.239 e. The number of anilines is 1. The molecule has 2 aromatic heterocycles. The Hall–Kier alpha value is -2.26. The number of nitrogens with one attached hydrogen (secondary N) is 1. The van der Waals surface area contributed by atoms with Crippen LogP contribution in [0.2, 0.25) is 0 Å². The Morgan fingerprint density at radius 3 is 2.88 bits per heavy atom. The van der Waals surface area contributed by atoms with Crippen LogP contribution >= 0.6 is 0 Å². The van der Waals surface area contributed by atoms with Gasteiger partial charge in [0.2, 0.25) is 17.7 Å². The molecule has 1 unspecified atom stereocenters. The van der Waals surface area contributed by atoms with Crippen molar-refractivity contribution in [3.8, 4) is 0 Å². The first kappa shape index (κ1) is 17.6. The molecule has 9 heteroatoms. The van der Waals surface area contributed by atoms with E-state index in [1.54, 1.807) is 11.6 Å². The van der Waals surface area contributed by atoms with Gasteiger partial charge in [-0.05, 0) is 20.4 Å². The Morgan fingerprint density at radius 2 is 2.24 bits per heavy atom. The van der Waals surface area contributed by atoms with E-state index < -0.39 is 0 Å². The quantitative estimate of drug-likeness (QED) is 0.816. The standard InChI is InChI=1S/C16H25N7O2/c1-11-7-14(22(4)20-11)17-15(24)9-23-6-5-13(8-23)21(3)10-16-19-18-12(2)25-16/h7,13H,5-6,8-10H2,1-4H3,(H,17,24). The van der Waals surface area contributed by atoms with Gasteiger partial charge >= 0.3 is 0 Å². The largest absolute Gasteiger partial charge is 0.424 e. The summed E-state index contributed by atoms with van der Waals surface area (Å²) in [6.45, 7) is 6.45. The van der Waals surface area contributed by atoms with Gasteiger partial charge in [0.1, 0.15) is 5.82 Å². The second-order valence-corrected chi connectivity index (χ2v) is 6.65. The van der Waals surface area contributed by atoms with Crippen LogP contribution in [0, 0.1) is 13.8 Å². The molecule has 136 valence electrons. The topological polar surface area (TPSA) is 92.3 Å². The smallest absolute Gasteiger partial charge is 0.239 e. The molecule has 1 saturated heterocycles. The first-order valence-corrected chi connectivity index (χ1v) is 8.43. The van der Waals surface area contributed by atoms with Crippen LogP contribution in [-0.2, 0) is 18.4 Å². The summed E-state index contributed by atoms with van der Waals surface area (Å²) in [7, 11) is 3.87. The molecule has 0 aliphatic carbocycles. The zero-order valence-corrected chi connectivity index (χ0v) is 15.2. The van der Waals surface area contributed by atoms with Gasteiger partial charge in [0.25, 0.3) is 0 Å². The molecular weight excluding hydrogens is 322 g/mol. The number of aryl methyl sites for hydroxylation is 3. The van der Waals surface area contributed by atoms with Gasteiger partial charge in [0, 0.05) is 39.2 Å². The predicted octanol–water partition coefficient (Wildman–Crippen LogP) is 0.565. The maximum atomic E-state index is 12.3. The maximum absolute atomic E-state index is 12.3. The van der Waals surface area contributed by atoms with E-state index in [0.29, 0.717) is 30.9 Å². The van der Waals surface area contributed by atoms with Crippen molar-refractivity contribution in [1.29, 1.82) is 0 Å². The van der Waals surface area contributed by atoms with Gasteiger partial charge in [-0.1, -0.05) is 0 Å². The lowest BCUT2D eigenvalue weighted by Gasteiger charge is -2.23. The van der Waals surface area contributed by atoms with Gasteiger partial charge in [-0.2, -0.15) is 5.10 Å². The SMILES string of the molecule is Cc1cc(NC(=O)CN2CCC(N(C)Cc3nnc(C)o3)C2)n(C)n1. The van der Waals surface area contributed by atoms with E-state index in [9.17, 15) is 4.79 Å². The summed E-state index contributed by atoms with van der Waals surface area (Å²) in [5, 5.41) is 15.0. The minimum atomic E-state index is -0.0150. The fraction of sp³-hybridized carbons (Fsp3) is 0.625. The Labute approximate surface area is 147 Å². The monoisotopic (exact) mass is 347 g/mol. The molecule has 0 aromatic carbocycles. The van der Waals surface area contributed by atoms with Gasteiger partial charge < -0.3 is 9.73 Å². The van der Waals surface area contributed by atoms with Gasteiger partial charge in [-0.3, -0.25) is 19.3 Å². The number of carbonyl (C=O) groups is 1. The predicted molar refractivity (Wildman–Crippen MR) is 91.9 cm³/mol. The molecule has 1 fully saturated rings. The van der Waals surface area contributed by atoms with E-state index >= 15 is 0 Å². The fourth-order valence-electron chi connectivity index (χ4n) is 3.17. The van der Waals surface area contributed by atoms with Crippen LogP contribution in [0.5, 0.6) is 0 Å². The molecule has 1 aliphatic heterocycles. The minimum Gasteiger partial charge on any atom is -0.424 e. The van der Waals surface area contributed by atoms with E-state index in [-0.39, 0.29) is 5.91 Å². The third-order valence-electron chi connectivity index (χ3n) is 4.46. The normalized spacial score (nSPS) is 18.2. The minimum absolute atomic E-state index is 0.0150. The van der Waals surface area contributed by atoms with Crippen LogP contribution < -0.4 is 5.32 Å². The Bertz CT molecular complexity index is 739. The number of likely N-dealkylation sites (tertiary alicyclic amines) is 1. The highest BCUT2D eigenvalue weighted by atomic mass is 16.4. The number of aromatic nitrogens is 4. The van der Waals surface area contributed by atoms with Crippen LogP contribution in [-0.4, -0.2) is 68.4 Å². The number of nitrogens with zero attached hydrogens (tertiary/aromatic N) is 6. The summed E-state index contributed by atoms with van der Waals surface area (Å²) in [6, 6.07) is 2.24. The van der Waals surface area contributed by atoms with Gasteiger partial charge in [0.15, 0.2) is 0 Å². The Morgan fingerprint density at radius 1 is 1.44 bits per heavy atom. The Balaban J connectivity index is 1.47. The Kier molecular flexibility index (Phi) is 5.14. The number of amides is 1. The first-order chi connectivity index (χ1) is 11.9. The van der Waals surface area contributed by atoms with Crippen LogP contribution in [0.3, 0.4) is 0 Å². The lowest BCUT2D eigenvalue weighted by molar-refractivity contribution is -0.117. The number of likely N-dealkylation sites (N-methyl/N-ethyl adjacent to an activating group) is 1. The highest BCUT2D eigenvalue weighted by Crippen LogP contribution is 2.16. The number of hydrogen-bond donors (Lipinski definition) is 1. The molecule has 3 heterocycles. The summed E-state index contributed by atoms with van der Waals surface area (Å²) in [5.41, 5.74) is 0.886. The molecule has 1 N–H and O–H groups in total. The number of rotatable bonds is 6. The molecule has 9 nitrogen and oxygen atoms in total. The lowest BCUT2D eigenvalue weighted by atomic mass is 10.2. The van der Waals surface area contributed by atoms with Crippen molar-refractivity contribution < 1.29 is 9.21 Å². The average molecular weight is 347 g/mol. The van der Waals surface area contributed by atoms with Crippen molar-refractivity contribution in [2.75, 3.05) is 32.0 Å². The van der Waals surface area contributed by atoms with Crippen molar-refractivity contribution in [3.63, 3.8) is 0 Å². The fourth-order valence-corrected chi connectivity index (χ4v) is 3.17. The van der Waals surface area contributed by atoms with Crippen LogP contribution in [0.4, 0.5) is 5.82 Å². The van der Waals surface area contributed by atoms with E-state index in [4.69, 9.17) is 4.42 Å². The summed E-state index contributed by atoms with van der Waals surface area (Å²) >= 11 is 0. The zero-order valence-electron chi connectivity index (χ0n) is 15.2. The van der Waals surface area contributed by atoms with Crippen molar-refractivity contribution in [2.24, 2.45) is 7.05 Å². The van der Waals surface area contributed by atoms with Crippen molar-refractivity contribution in [3.05, 3.63) is 23.5 Å². The van der Waals surface area contributed by atoms with Gasteiger partial charge in [-0.15, -0.1) is 10.2 Å². The summed E-state index contributed by atoms with van der Waals surface area (Å²) in [5.74, 6) is 1.92. The van der Waals surface area contributed by atoms with Crippen LogP contribution in [0.25, 0.3) is 0 Å². The number of carbonyl (C=O) groups excluding carboxylic acids is 1. The van der Waals surface area contributed by atoms with E-state index in [2.05, 4.69) is 30.4 Å². The molecule has 3 rings (SSSR count). The molecule has 1 aliphatic rings. The van der Waals surface area contributed by atoms with E-state index in [0.717, 1.165) is 31.0 Å². The van der Waals surface area contributed by atoms with Crippen molar-refractivity contribution in [1.82, 2.24) is 29.8 Å². The first-order valence-electron chi connectivity index (χ1n) is 8.43. The zero-order chi connectivity index (χ0) is 18.0. The summed E-state index contributed by atoms with van der Waals surface area (Å²) < 4.78 is 7.12. The second kappa shape index (κ2) is 7.32. The van der Waals surface area contributed by atoms with E-state index in [1.807, 2.05) is 27.1 Å². The van der Waals surface area contributed by atoms with Gasteiger partial charge in [0.05, 0.1) is 18.8 Å². The third kappa shape index (κ3) is 4.43. The molecule has 0 spiro atoms. The second-order valence-electron chi connectivity index (χ2n) is 6.65. The molecule has 1 atom stereocenters. The molecule has 0 saturated carbocycles. The summed E-state index contributed by atoms with van der Waals surface area (Å²) in [6.07, 6.45) is 1.02. The molecule has 0 bridgehead atoms. The van der Waals surface area contributed by atoms with Crippen LogP contribution in [0.15, 0.2) is 10.5 Å². The molecular formula is C16H25N7O2. The lowest BCUT2D eigenvalue weighted by Crippen LogP contribution is -2.37. The summed E-state index contributed by atoms with van der Waals surface area (Å²) in [4.78, 5) is 16.6. The van der Waals surface area contributed by atoms with Crippen molar-refractivity contribution in [2.45, 2.75) is 32.9 Å². The van der Waals surface area contributed by atoms with Crippen LogP contribution in [0.1, 0.15) is 23.9 Å².